The van der Waals surface area contributed by atoms with E-state index in [0.29, 0.717) is 18.8 Å². The largest absolute Gasteiger partial charge is 0.481 e. The molecule has 0 radical (unpaired) electrons. The Bertz CT molecular complexity index is 338. The maximum Gasteiger partial charge on any atom is 0.308 e. The first-order valence-electron chi connectivity index (χ1n) is 8.27. The molecule has 1 unspecified atom stereocenters. The molecule has 1 saturated carbocycles. The first-order chi connectivity index (χ1) is 9.78. The van der Waals surface area contributed by atoms with Gasteiger partial charge in [0.1, 0.15) is 0 Å². The Labute approximate surface area is 128 Å². The van der Waals surface area contributed by atoms with Crippen LogP contribution in [0.25, 0.3) is 0 Å². The third kappa shape index (κ3) is 8.08. The molecule has 1 aliphatic carbocycles. The molecule has 2 N–H and O–H groups in total. The first kappa shape index (κ1) is 18.0. The van der Waals surface area contributed by atoms with Crippen molar-refractivity contribution < 1.29 is 14.7 Å². The van der Waals surface area contributed by atoms with Gasteiger partial charge in [-0.05, 0) is 30.6 Å². The fraction of sp³-hybridized carbons (Fsp3) is 0.882. The van der Waals surface area contributed by atoms with Crippen molar-refractivity contribution in [1.82, 2.24) is 5.32 Å². The summed E-state index contributed by atoms with van der Waals surface area (Å²) in [5.74, 6) is -0.816. The molecule has 1 rings (SSSR count). The topological polar surface area (TPSA) is 66.4 Å². The van der Waals surface area contributed by atoms with Gasteiger partial charge in [0, 0.05) is 13.0 Å². The zero-order valence-corrected chi connectivity index (χ0v) is 13.8. The Morgan fingerprint density at radius 1 is 1.14 bits per heavy atom. The van der Waals surface area contributed by atoms with Crippen molar-refractivity contribution in [3.05, 3.63) is 0 Å². The van der Waals surface area contributed by atoms with Crippen LogP contribution in [-0.2, 0) is 9.59 Å². The summed E-state index contributed by atoms with van der Waals surface area (Å²) in [6.07, 6.45) is 8.42. The highest BCUT2D eigenvalue weighted by atomic mass is 16.4. The molecule has 0 saturated heterocycles. The van der Waals surface area contributed by atoms with E-state index in [1.54, 1.807) is 0 Å². The number of carbonyl (C=O) groups excluding carboxylic acids is 1. The maximum atomic E-state index is 12.0. The van der Waals surface area contributed by atoms with Gasteiger partial charge in [0.2, 0.25) is 5.91 Å². The zero-order chi connectivity index (χ0) is 15.9. The van der Waals surface area contributed by atoms with E-state index in [2.05, 4.69) is 5.32 Å². The number of nitrogens with one attached hydrogen (secondary N) is 1. The normalized spacial score (nSPS) is 18.8. The lowest BCUT2D eigenvalue weighted by atomic mass is 9.84. The van der Waals surface area contributed by atoms with Gasteiger partial charge < -0.3 is 10.4 Å². The molecule has 1 fully saturated rings. The molecule has 4 heteroatoms. The average molecular weight is 297 g/mol. The quantitative estimate of drug-likeness (QED) is 0.736. The number of carbonyl (C=O) groups is 2. The molecule has 0 heterocycles. The molecular weight excluding hydrogens is 266 g/mol. The van der Waals surface area contributed by atoms with Gasteiger partial charge in [-0.15, -0.1) is 0 Å². The van der Waals surface area contributed by atoms with Crippen LogP contribution in [0, 0.1) is 17.3 Å². The first-order valence-corrected chi connectivity index (χ1v) is 8.27. The average Bonchev–Trinajstić information content (AvgIpc) is 2.61. The minimum Gasteiger partial charge on any atom is -0.481 e. The summed E-state index contributed by atoms with van der Waals surface area (Å²) in [7, 11) is 0. The van der Waals surface area contributed by atoms with Crippen LogP contribution in [0.2, 0.25) is 0 Å². The summed E-state index contributed by atoms with van der Waals surface area (Å²) in [6, 6.07) is 0. The predicted octanol–water partition coefficient (Wildman–Crippen LogP) is 3.60. The second-order valence-corrected chi connectivity index (χ2v) is 7.67. The number of aliphatic carboxylic acids is 1. The van der Waals surface area contributed by atoms with Crippen molar-refractivity contribution in [2.45, 2.75) is 72.1 Å². The second kappa shape index (κ2) is 8.40. The van der Waals surface area contributed by atoms with E-state index in [4.69, 9.17) is 0 Å². The fourth-order valence-electron chi connectivity index (χ4n) is 3.13. The van der Waals surface area contributed by atoms with E-state index < -0.39 is 11.9 Å². The number of hydrogen-bond acceptors (Lipinski definition) is 2. The molecule has 0 spiro atoms. The minimum absolute atomic E-state index is 0.0158. The van der Waals surface area contributed by atoms with Crippen molar-refractivity contribution in [2.75, 3.05) is 6.54 Å². The fourth-order valence-corrected chi connectivity index (χ4v) is 3.13. The van der Waals surface area contributed by atoms with Crippen molar-refractivity contribution in [2.24, 2.45) is 17.3 Å². The molecule has 0 bridgehead atoms. The number of carboxylic acids is 1. The molecule has 1 amide bonds. The summed E-state index contributed by atoms with van der Waals surface area (Å²) in [4.78, 5) is 23.3. The van der Waals surface area contributed by atoms with E-state index in [9.17, 15) is 14.7 Å². The molecule has 122 valence electrons. The Morgan fingerprint density at radius 2 is 1.71 bits per heavy atom. The lowest BCUT2D eigenvalue weighted by Crippen LogP contribution is -2.35. The summed E-state index contributed by atoms with van der Waals surface area (Å²) in [5, 5.41) is 12.1. The van der Waals surface area contributed by atoms with E-state index in [0.717, 1.165) is 12.8 Å². The van der Waals surface area contributed by atoms with E-state index >= 15 is 0 Å². The molecular formula is C17H31NO3. The highest BCUT2D eigenvalue weighted by Gasteiger charge is 2.25. The van der Waals surface area contributed by atoms with Crippen molar-refractivity contribution in [3.63, 3.8) is 0 Å². The van der Waals surface area contributed by atoms with Crippen LogP contribution >= 0.6 is 0 Å². The molecule has 0 aromatic carbocycles. The van der Waals surface area contributed by atoms with Gasteiger partial charge in [-0.1, -0.05) is 46.5 Å². The van der Waals surface area contributed by atoms with Crippen LogP contribution in [0.5, 0.6) is 0 Å². The predicted molar refractivity (Wildman–Crippen MR) is 84.0 cm³/mol. The minimum atomic E-state index is -0.820. The Kier molecular flexibility index (Phi) is 7.20. The van der Waals surface area contributed by atoms with Crippen LogP contribution in [0.15, 0.2) is 0 Å². The van der Waals surface area contributed by atoms with Gasteiger partial charge in [0.25, 0.3) is 0 Å². The number of hydrogen-bond donors (Lipinski definition) is 2. The van der Waals surface area contributed by atoms with Gasteiger partial charge >= 0.3 is 5.97 Å². The Morgan fingerprint density at radius 3 is 2.19 bits per heavy atom. The third-order valence-corrected chi connectivity index (χ3v) is 4.20. The second-order valence-electron chi connectivity index (χ2n) is 7.67. The maximum absolute atomic E-state index is 12.0. The SMILES string of the molecule is CC(C)(C)CC(CNC(=O)CC1CCCCCC1)C(=O)O. The zero-order valence-electron chi connectivity index (χ0n) is 13.8. The van der Waals surface area contributed by atoms with Gasteiger partial charge in [-0.25, -0.2) is 0 Å². The van der Waals surface area contributed by atoms with E-state index in [-0.39, 0.29) is 17.9 Å². The molecule has 21 heavy (non-hydrogen) atoms. The number of amides is 1. The van der Waals surface area contributed by atoms with Crippen molar-refractivity contribution in [1.29, 1.82) is 0 Å². The molecule has 0 aromatic heterocycles. The standard InChI is InChI=1S/C17H31NO3/c1-17(2,3)11-14(16(20)21)12-18-15(19)10-13-8-6-4-5-7-9-13/h13-14H,4-12H2,1-3H3,(H,18,19)(H,20,21). The number of rotatable bonds is 6. The summed E-state index contributed by atoms with van der Waals surface area (Å²) < 4.78 is 0. The molecule has 0 aliphatic heterocycles. The Hall–Kier alpha value is -1.06. The lowest BCUT2D eigenvalue weighted by molar-refractivity contribution is -0.142. The van der Waals surface area contributed by atoms with Crippen LogP contribution < -0.4 is 5.32 Å². The van der Waals surface area contributed by atoms with Crippen molar-refractivity contribution >= 4 is 11.9 Å². The highest BCUT2D eigenvalue weighted by Crippen LogP contribution is 2.26. The van der Waals surface area contributed by atoms with Crippen molar-refractivity contribution in [3.8, 4) is 0 Å². The van der Waals surface area contributed by atoms with Crippen LogP contribution in [0.1, 0.15) is 72.1 Å². The molecule has 4 nitrogen and oxygen atoms in total. The van der Waals surface area contributed by atoms with Crippen LogP contribution in [0.4, 0.5) is 0 Å². The Balaban J connectivity index is 2.36. The van der Waals surface area contributed by atoms with Crippen LogP contribution in [0.3, 0.4) is 0 Å². The third-order valence-electron chi connectivity index (χ3n) is 4.20. The van der Waals surface area contributed by atoms with E-state index in [1.807, 2.05) is 20.8 Å². The highest BCUT2D eigenvalue weighted by molar-refractivity contribution is 5.77. The van der Waals surface area contributed by atoms with Gasteiger partial charge in [-0.2, -0.15) is 0 Å². The summed E-state index contributed by atoms with van der Waals surface area (Å²) in [6.45, 7) is 6.32. The van der Waals surface area contributed by atoms with Gasteiger partial charge in [0.05, 0.1) is 5.92 Å². The molecule has 1 atom stereocenters. The lowest BCUT2D eigenvalue weighted by Gasteiger charge is -2.23. The summed E-state index contributed by atoms with van der Waals surface area (Å²) >= 11 is 0. The van der Waals surface area contributed by atoms with Crippen LogP contribution in [-0.4, -0.2) is 23.5 Å². The molecule has 0 aromatic rings. The van der Waals surface area contributed by atoms with Gasteiger partial charge in [-0.3, -0.25) is 9.59 Å². The number of carboxylic acid groups (broad SMARTS) is 1. The molecule has 1 aliphatic rings. The smallest absolute Gasteiger partial charge is 0.308 e. The van der Waals surface area contributed by atoms with E-state index in [1.165, 1.54) is 25.7 Å². The van der Waals surface area contributed by atoms with Gasteiger partial charge in [0.15, 0.2) is 0 Å². The monoisotopic (exact) mass is 297 g/mol. The summed E-state index contributed by atoms with van der Waals surface area (Å²) in [5.41, 5.74) is -0.0466.